The van der Waals surface area contributed by atoms with Gasteiger partial charge < -0.3 is 4.90 Å². The fraction of sp³-hybridized carbons (Fsp3) is 0.188. The van der Waals surface area contributed by atoms with Crippen LogP contribution in [0.25, 0.3) is 0 Å². The van der Waals surface area contributed by atoms with Crippen LogP contribution in [0.3, 0.4) is 0 Å². The number of nitro groups is 1. The van der Waals surface area contributed by atoms with Crippen molar-refractivity contribution < 1.29 is 9.72 Å². The van der Waals surface area contributed by atoms with E-state index < -0.39 is 4.92 Å². The summed E-state index contributed by atoms with van der Waals surface area (Å²) < 4.78 is 0. The molecule has 5 nitrogen and oxygen atoms in total. The molecule has 24 heavy (non-hydrogen) atoms. The van der Waals surface area contributed by atoms with E-state index in [1.54, 1.807) is 25.2 Å². The molecule has 2 aromatic rings. The SMILES string of the molecule is CN(Cc1cc([N+](=O)[O-])ccc1Cl)C(=O)Cc1ccc(Cl)c(Cl)c1. The number of non-ortho nitro benzene ring substituents is 1. The summed E-state index contributed by atoms with van der Waals surface area (Å²) in [7, 11) is 1.61. The molecule has 0 aliphatic heterocycles. The summed E-state index contributed by atoms with van der Waals surface area (Å²) in [6.07, 6.45) is 0.139. The first-order chi connectivity index (χ1) is 11.3. The fourth-order valence-electron chi connectivity index (χ4n) is 2.10. The van der Waals surface area contributed by atoms with Gasteiger partial charge in [-0.2, -0.15) is 0 Å². The zero-order chi connectivity index (χ0) is 17.9. The third-order valence-electron chi connectivity index (χ3n) is 3.41. The Morgan fingerprint density at radius 3 is 2.38 bits per heavy atom. The van der Waals surface area contributed by atoms with Gasteiger partial charge in [0.15, 0.2) is 0 Å². The van der Waals surface area contributed by atoms with Crippen molar-refractivity contribution in [1.29, 1.82) is 0 Å². The van der Waals surface area contributed by atoms with Crippen LogP contribution in [0.1, 0.15) is 11.1 Å². The summed E-state index contributed by atoms with van der Waals surface area (Å²) in [6, 6.07) is 9.13. The Labute approximate surface area is 153 Å². The number of likely N-dealkylation sites (N-methyl/N-ethyl adjacent to an activating group) is 1. The fourth-order valence-corrected chi connectivity index (χ4v) is 2.60. The van der Waals surface area contributed by atoms with Gasteiger partial charge in [0.2, 0.25) is 5.91 Å². The van der Waals surface area contributed by atoms with Gasteiger partial charge in [-0.15, -0.1) is 0 Å². The molecule has 0 bridgehead atoms. The lowest BCUT2D eigenvalue weighted by molar-refractivity contribution is -0.384. The minimum Gasteiger partial charge on any atom is -0.341 e. The van der Waals surface area contributed by atoms with E-state index in [2.05, 4.69) is 0 Å². The molecule has 0 saturated heterocycles. The van der Waals surface area contributed by atoms with Crippen molar-refractivity contribution in [3.05, 3.63) is 72.7 Å². The van der Waals surface area contributed by atoms with Gasteiger partial charge in [-0.3, -0.25) is 14.9 Å². The first-order valence-electron chi connectivity index (χ1n) is 6.88. The molecule has 8 heteroatoms. The summed E-state index contributed by atoms with van der Waals surface area (Å²) in [6.45, 7) is 0.167. The van der Waals surface area contributed by atoms with Gasteiger partial charge in [-0.05, 0) is 29.3 Å². The van der Waals surface area contributed by atoms with E-state index in [0.29, 0.717) is 20.6 Å². The van der Waals surface area contributed by atoms with E-state index in [9.17, 15) is 14.9 Å². The van der Waals surface area contributed by atoms with Gasteiger partial charge in [0.05, 0.1) is 21.4 Å². The molecule has 126 valence electrons. The molecule has 0 aliphatic carbocycles. The quantitative estimate of drug-likeness (QED) is 0.549. The summed E-state index contributed by atoms with van der Waals surface area (Å²) in [5.74, 6) is -0.170. The van der Waals surface area contributed by atoms with Crippen LogP contribution in [0.15, 0.2) is 36.4 Å². The monoisotopic (exact) mass is 386 g/mol. The molecule has 0 spiro atoms. The zero-order valence-electron chi connectivity index (χ0n) is 12.6. The molecule has 0 aliphatic rings. The van der Waals surface area contributed by atoms with Crippen molar-refractivity contribution in [2.24, 2.45) is 0 Å². The summed E-state index contributed by atoms with van der Waals surface area (Å²) >= 11 is 17.8. The van der Waals surface area contributed by atoms with E-state index in [-0.39, 0.29) is 24.6 Å². The predicted octanol–water partition coefficient (Wildman–Crippen LogP) is 4.76. The molecule has 0 radical (unpaired) electrons. The highest BCUT2D eigenvalue weighted by Gasteiger charge is 2.15. The first-order valence-corrected chi connectivity index (χ1v) is 8.02. The van der Waals surface area contributed by atoms with Gasteiger partial charge in [0.25, 0.3) is 5.69 Å². The maximum absolute atomic E-state index is 12.3. The number of amides is 1. The Balaban J connectivity index is 2.10. The number of nitrogens with zero attached hydrogens (tertiary/aromatic N) is 2. The van der Waals surface area contributed by atoms with E-state index in [4.69, 9.17) is 34.8 Å². The number of rotatable bonds is 5. The highest BCUT2D eigenvalue weighted by atomic mass is 35.5. The van der Waals surface area contributed by atoms with E-state index in [0.717, 1.165) is 5.56 Å². The number of benzene rings is 2. The highest BCUT2D eigenvalue weighted by Crippen LogP contribution is 2.25. The van der Waals surface area contributed by atoms with Crippen molar-refractivity contribution in [3.63, 3.8) is 0 Å². The van der Waals surface area contributed by atoms with Crippen molar-refractivity contribution >= 4 is 46.4 Å². The number of hydrogen-bond donors (Lipinski definition) is 0. The maximum atomic E-state index is 12.3. The molecule has 0 heterocycles. The van der Waals surface area contributed by atoms with Gasteiger partial charge >= 0.3 is 0 Å². The summed E-state index contributed by atoms with van der Waals surface area (Å²) in [5, 5.41) is 12.0. The van der Waals surface area contributed by atoms with Crippen molar-refractivity contribution in [2.75, 3.05) is 7.05 Å². The van der Waals surface area contributed by atoms with Crippen LogP contribution < -0.4 is 0 Å². The average molecular weight is 388 g/mol. The Morgan fingerprint density at radius 1 is 1.08 bits per heavy atom. The number of carbonyl (C=O) groups excluding carboxylic acids is 1. The van der Waals surface area contributed by atoms with Crippen LogP contribution in [-0.2, 0) is 17.8 Å². The number of hydrogen-bond acceptors (Lipinski definition) is 3. The van der Waals surface area contributed by atoms with Gasteiger partial charge in [0.1, 0.15) is 0 Å². The van der Waals surface area contributed by atoms with E-state index >= 15 is 0 Å². The molecule has 1 amide bonds. The standard InChI is InChI=1S/C16H13Cl3N2O3/c1-20(9-11-8-12(21(23)24)3-5-13(11)17)16(22)7-10-2-4-14(18)15(19)6-10/h2-6,8H,7,9H2,1H3. The smallest absolute Gasteiger partial charge is 0.269 e. The van der Waals surface area contributed by atoms with Crippen molar-refractivity contribution in [3.8, 4) is 0 Å². The topological polar surface area (TPSA) is 63.4 Å². The zero-order valence-corrected chi connectivity index (χ0v) is 14.9. The molecular formula is C16H13Cl3N2O3. The summed E-state index contributed by atoms with van der Waals surface area (Å²) in [5.41, 5.74) is 1.17. The van der Waals surface area contributed by atoms with Gasteiger partial charge in [-0.25, -0.2) is 0 Å². The molecule has 0 atom stereocenters. The maximum Gasteiger partial charge on any atom is 0.269 e. The second kappa shape index (κ2) is 7.83. The van der Waals surface area contributed by atoms with Crippen LogP contribution in [0.5, 0.6) is 0 Å². The largest absolute Gasteiger partial charge is 0.341 e. The lowest BCUT2D eigenvalue weighted by Crippen LogP contribution is -2.27. The van der Waals surface area contributed by atoms with Crippen LogP contribution in [0.4, 0.5) is 5.69 Å². The second-order valence-electron chi connectivity index (χ2n) is 5.21. The minimum absolute atomic E-state index is 0.0697. The lowest BCUT2D eigenvalue weighted by atomic mass is 10.1. The summed E-state index contributed by atoms with van der Waals surface area (Å²) in [4.78, 5) is 24.1. The molecule has 0 unspecified atom stereocenters. The lowest BCUT2D eigenvalue weighted by Gasteiger charge is -2.18. The molecule has 2 aromatic carbocycles. The van der Waals surface area contributed by atoms with E-state index in [1.807, 2.05) is 0 Å². The Morgan fingerprint density at radius 2 is 1.75 bits per heavy atom. The molecule has 2 rings (SSSR count). The predicted molar refractivity (Wildman–Crippen MR) is 94.7 cm³/mol. The molecule has 0 N–H and O–H groups in total. The van der Waals surface area contributed by atoms with E-state index in [1.165, 1.54) is 23.1 Å². The van der Waals surface area contributed by atoms with Crippen LogP contribution in [-0.4, -0.2) is 22.8 Å². The Bertz CT molecular complexity index is 796. The molecule has 0 saturated carbocycles. The normalized spacial score (nSPS) is 10.5. The first kappa shape index (κ1) is 18.5. The number of carbonyl (C=O) groups is 1. The molecule has 0 fully saturated rings. The van der Waals surface area contributed by atoms with Crippen molar-refractivity contribution in [2.45, 2.75) is 13.0 Å². The number of nitro benzene ring substituents is 1. The van der Waals surface area contributed by atoms with Crippen LogP contribution in [0, 0.1) is 10.1 Å². The van der Waals surface area contributed by atoms with Crippen LogP contribution >= 0.6 is 34.8 Å². The minimum atomic E-state index is -0.503. The Kier molecular flexibility index (Phi) is 6.04. The third-order valence-corrected chi connectivity index (χ3v) is 4.52. The number of halogens is 3. The average Bonchev–Trinajstić information content (AvgIpc) is 2.52. The van der Waals surface area contributed by atoms with Gasteiger partial charge in [-0.1, -0.05) is 40.9 Å². The van der Waals surface area contributed by atoms with Gasteiger partial charge in [0, 0.05) is 30.7 Å². The second-order valence-corrected chi connectivity index (χ2v) is 6.43. The Hall–Kier alpha value is -1.82. The third kappa shape index (κ3) is 4.60. The molecule has 0 aromatic heterocycles. The van der Waals surface area contributed by atoms with Crippen LogP contribution in [0.2, 0.25) is 15.1 Å². The van der Waals surface area contributed by atoms with Crippen molar-refractivity contribution in [1.82, 2.24) is 4.90 Å². The highest BCUT2D eigenvalue weighted by molar-refractivity contribution is 6.42. The molecular weight excluding hydrogens is 375 g/mol.